The lowest BCUT2D eigenvalue weighted by Crippen LogP contribution is -2.34. The molecular weight excluding hydrogens is 188 g/mol. The molecular formula is C12H28N2O. The lowest BCUT2D eigenvalue weighted by atomic mass is 10.2. The fourth-order valence-electron chi connectivity index (χ4n) is 1.62. The number of ether oxygens (including phenoxy) is 1. The Bertz CT molecular complexity index is 129. The van der Waals surface area contributed by atoms with Crippen LogP contribution in [-0.4, -0.2) is 50.8 Å². The standard InChI is InChI=1S/C12H28N2O/c1-5-9-14(12(2)3)10-6-7-13-8-11-15-4/h12-13H,5-11H2,1-4H3. The Kier molecular flexibility index (Phi) is 10.3. The van der Waals surface area contributed by atoms with Crippen molar-refractivity contribution in [2.75, 3.05) is 39.9 Å². The summed E-state index contributed by atoms with van der Waals surface area (Å²) in [6.45, 7) is 12.1. The first-order valence-corrected chi connectivity index (χ1v) is 6.16. The zero-order valence-electron chi connectivity index (χ0n) is 10.9. The van der Waals surface area contributed by atoms with Gasteiger partial charge >= 0.3 is 0 Å². The van der Waals surface area contributed by atoms with Gasteiger partial charge in [-0.1, -0.05) is 6.92 Å². The minimum atomic E-state index is 0.670. The molecule has 0 aliphatic carbocycles. The van der Waals surface area contributed by atoms with Crippen LogP contribution in [-0.2, 0) is 4.74 Å². The molecule has 3 nitrogen and oxygen atoms in total. The molecule has 15 heavy (non-hydrogen) atoms. The van der Waals surface area contributed by atoms with Crippen molar-refractivity contribution in [2.45, 2.75) is 39.7 Å². The molecule has 0 rings (SSSR count). The molecule has 0 amide bonds. The predicted octanol–water partition coefficient (Wildman–Crippen LogP) is 1.73. The fraction of sp³-hybridized carbons (Fsp3) is 1.00. The van der Waals surface area contributed by atoms with Gasteiger partial charge in [-0.05, 0) is 46.3 Å². The topological polar surface area (TPSA) is 24.5 Å². The van der Waals surface area contributed by atoms with E-state index in [0.29, 0.717) is 6.04 Å². The van der Waals surface area contributed by atoms with Crippen LogP contribution >= 0.6 is 0 Å². The maximum absolute atomic E-state index is 4.97. The van der Waals surface area contributed by atoms with Crippen molar-refractivity contribution in [1.82, 2.24) is 10.2 Å². The highest BCUT2D eigenvalue weighted by molar-refractivity contribution is 4.62. The van der Waals surface area contributed by atoms with Gasteiger partial charge in [0.15, 0.2) is 0 Å². The number of hydrogen-bond donors (Lipinski definition) is 1. The monoisotopic (exact) mass is 216 g/mol. The van der Waals surface area contributed by atoms with Crippen LogP contribution in [0.5, 0.6) is 0 Å². The summed E-state index contributed by atoms with van der Waals surface area (Å²) in [4.78, 5) is 2.54. The molecule has 0 spiro atoms. The first-order chi connectivity index (χ1) is 7.22. The van der Waals surface area contributed by atoms with Crippen LogP contribution < -0.4 is 5.32 Å². The van der Waals surface area contributed by atoms with Crippen LogP contribution in [0.25, 0.3) is 0 Å². The summed E-state index contributed by atoms with van der Waals surface area (Å²) in [5.74, 6) is 0. The molecule has 0 radical (unpaired) electrons. The van der Waals surface area contributed by atoms with Gasteiger partial charge in [0.1, 0.15) is 0 Å². The number of hydrogen-bond acceptors (Lipinski definition) is 3. The van der Waals surface area contributed by atoms with Crippen molar-refractivity contribution >= 4 is 0 Å². The van der Waals surface area contributed by atoms with Crippen LogP contribution in [0.4, 0.5) is 0 Å². The van der Waals surface area contributed by atoms with Gasteiger partial charge in [0.25, 0.3) is 0 Å². The molecule has 0 atom stereocenters. The van der Waals surface area contributed by atoms with Crippen molar-refractivity contribution in [2.24, 2.45) is 0 Å². The van der Waals surface area contributed by atoms with Crippen LogP contribution in [0.3, 0.4) is 0 Å². The third-order valence-corrected chi connectivity index (χ3v) is 2.52. The molecule has 0 bridgehead atoms. The lowest BCUT2D eigenvalue weighted by Gasteiger charge is -2.25. The molecule has 0 heterocycles. The van der Waals surface area contributed by atoms with E-state index in [-0.39, 0.29) is 0 Å². The van der Waals surface area contributed by atoms with E-state index in [2.05, 4.69) is 31.0 Å². The van der Waals surface area contributed by atoms with E-state index in [0.717, 1.165) is 19.7 Å². The summed E-state index contributed by atoms with van der Waals surface area (Å²) in [5.41, 5.74) is 0. The highest BCUT2D eigenvalue weighted by Gasteiger charge is 2.06. The van der Waals surface area contributed by atoms with E-state index in [9.17, 15) is 0 Å². The minimum Gasteiger partial charge on any atom is -0.383 e. The largest absolute Gasteiger partial charge is 0.383 e. The summed E-state index contributed by atoms with van der Waals surface area (Å²) in [7, 11) is 1.74. The second kappa shape index (κ2) is 10.4. The average Bonchev–Trinajstić information content (AvgIpc) is 2.21. The average molecular weight is 216 g/mol. The number of nitrogens with one attached hydrogen (secondary N) is 1. The molecule has 0 fully saturated rings. The van der Waals surface area contributed by atoms with Gasteiger partial charge in [0.2, 0.25) is 0 Å². The normalized spacial score (nSPS) is 11.6. The van der Waals surface area contributed by atoms with Gasteiger partial charge in [-0.2, -0.15) is 0 Å². The Labute approximate surface area is 95.2 Å². The van der Waals surface area contributed by atoms with Crippen molar-refractivity contribution in [1.29, 1.82) is 0 Å². The van der Waals surface area contributed by atoms with Crippen LogP contribution in [0, 0.1) is 0 Å². The highest BCUT2D eigenvalue weighted by Crippen LogP contribution is 2.00. The van der Waals surface area contributed by atoms with Crippen LogP contribution in [0.1, 0.15) is 33.6 Å². The molecule has 0 aliphatic heterocycles. The Morgan fingerprint density at radius 3 is 2.47 bits per heavy atom. The SMILES string of the molecule is CCCN(CCCNCCOC)C(C)C. The summed E-state index contributed by atoms with van der Waals surface area (Å²) in [5, 5.41) is 3.37. The van der Waals surface area contributed by atoms with Crippen molar-refractivity contribution in [3.05, 3.63) is 0 Å². The van der Waals surface area contributed by atoms with Gasteiger partial charge in [-0.15, -0.1) is 0 Å². The number of nitrogens with zero attached hydrogens (tertiary/aromatic N) is 1. The smallest absolute Gasteiger partial charge is 0.0587 e. The molecule has 0 aromatic rings. The number of methoxy groups -OCH3 is 1. The van der Waals surface area contributed by atoms with E-state index in [4.69, 9.17) is 4.74 Å². The third kappa shape index (κ3) is 8.85. The number of rotatable bonds is 10. The first-order valence-electron chi connectivity index (χ1n) is 6.16. The molecule has 0 saturated heterocycles. The van der Waals surface area contributed by atoms with E-state index < -0.39 is 0 Å². The molecule has 1 N–H and O–H groups in total. The Hall–Kier alpha value is -0.120. The summed E-state index contributed by atoms with van der Waals surface area (Å²) < 4.78 is 4.97. The molecule has 3 heteroatoms. The lowest BCUT2D eigenvalue weighted by molar-refractivity contribution is 0.195. The molecule has 0 unspecified atom stereocenters. The first kappa shape index (κ1) is 14.9. The van der Waals surface area contributed by atoms with Gasteiger partial charge in [-0.3, -0.25) is 0 Å². The van der Waals surface area contributed by atoms with Gasteiger partial charge in [0.05, 0.1) is 6.61 Å². The van der Waals surface area contributed by atoms with Crippen molar-refractivity contribution in [3.8, 4) is 0 Å². The summed E-state index contributed by atoms with van der Waals surface area (Å²) in [6.07, 6.45) is 2.47. The molecule has 0 aromatic heterocycles. The summed E-state index contributed by atoms with van der Waals surface area (Å²) in [6, 6.07) is 0.670. The highest BCUT2D eigenvalue weighted by atomic mass is 16.5. The van der Waals surface area contributed by atoms with E-state index >= 15 is 0 Å². The van der Waals surface area contributed by atoms with E-state index in [1.54, 1.807) is 7.11 Å². The minimum absolute atomic E-state index is 0.670. The second-order valence-electron chi connectivity index (χ2n) is 4.23. The maximum atomic E-state index is 4.97. The molecule has 0 aromatic carbocycles. The Morgan fingerprint density at radius 1 is 1.20 bits per heavy atom. The zero-order valence-corrected chi connectivity index (χ0v) is 10.9. The zero-order chi connectivity index (χ0) is 11.5. The Morgan fingerprint density at radius 2 is 1.93 bits per heavy atom. The molecule has 0 aliphatic rings. The van der Waals surface area contributed by atoms with Gasteiger partial charge in [-0.25, -0.2) is 0 Å². The van der Waals surface area contributed by atoms with Gasteiger partial charge < -0.3 is 15.0 Å². The predicted molar refractivity (Wildman–Crippen MR) is 66.4 cm³/mol. The van der Waals surface area contributed by atoms with E-state index in [1.807, 2.05) is 0 Å². The fourth-order valence-corrected chi connectivity index (χ4v) is 1.62. The summed E-state index contributed by atoms with van der Waals surface area (Å²) >= 11 is 0. The molecule has 0 saturated carbocycles. The second-order valence-corrected chi connectivity index (χ2v) is 4.23. The van der Waals surface area contributed by atoms with Gasteiger partial charge in [0, 0.05) is 19.7 Å². The quantitative estimate of drug-likeness (QED) is 0.563. The Balaban J connectivity index is 3.37. The maximum Gasteiger partial charge on any atom is 0.0587 e. The van der Waals surface area contributed by atoms with Crippen LogP contribution in [0.2, 0.25) is 0 Å². The van der Waals surface area contributed by atoms with Crippen molar-refractivity contribution < 1.29 is 4.74 Å². The van der Waals surface area contributed by atoms with Crippen molar-refractivity contribution in [3.63, 3.8) is 0 Å². The van der Waals surface area contributed by atoms with Crippen LogP contribution in [0.15, 0.2) is 0 Å². The van der Waals surface area contributed by atoms with E-state index in [1.165, 1.54) is 25.9 Å². The molecule has 92 valence electrons. The third-order valence-electron chi connectivity index (χ3n) is 2.52.